The molecule has 2 aromatic carbocycles. The zero-order valence-electron chi connectivity index (χ0n) is 19.8. The van der Waals surface area contributed by atoms with Gasteiger partial charge >= 0.3 is 0 Å². The van der Waals surface area contributed by atoms with Gasteiger partial charge in [0.15, 0.2) is 0 Å². The van der Waals surface area contributed by atoms with Crippen molar-refractivity contribution in [2.75, 3.05) is 17.1 Å². The molecule has 34 heavy (non-hydrogen) atoms. The number of carbonyl (C=O) groups excluding carboxylic acids is 2. The molecule has 0 spiro atoms. The number of rotatable bonds is 11. The van der Waals surface area contributed by atoms with E-state index in [-0.39, 0.29) is 49.5 Å². The summed E-state index contributed by atoms with van der Waals surface area (Å²) in [6, 6.07) is 11.7. The molecule has 0 radical (unpaired) electrons. The number of sulfonamides is 1. The summed E-state index contributed by atoms with van der Waals surface area (Å²) in [7, 11) is -3.77. The first-order chi connectivity index (χ1) is 15.9. The van der Waals surface area contributed by atoms with E-state index in [0.29, 0.717) is 5.02 Å². The zero-order chi connectivity index (χ0) is 25.5. The standard InChI is InChI=1S/C24H31ClFN3O4S/c1-17(2)27-24(31)18(3)28(16-19-9-7-10-20(25)15-19)23(30)13-8-14-29(34(4,32)33)22-12-6-5-11-21(22)26/h5-7,9-12,15,17-18H,8,13-14,16H2,1-4H3,(H,27,31)/t18-/m1/s1. The molecule has 1 N–H and O–H groups in total. The molecule has 0 heterocycles. The predicted molar refractivity (Wildman–Crippen MR) is 133 cm³/mol. The summed E-state index contributed by atoms with van der Waals surface area (Å²) >= 11 is 6.08. The van der Waals surface area contributed by atoms with Crippen LogP contribution in [0.4, 0.5) is 10.1 Å². The second-order valence-corrected chi connectivity index (χ2v) is 10.7. The Hall–Kier alpha value is -2.65. The Labute approximate surface area is 205 Å². The van der Waals surface area contributed by atoms with Crippen molar-refractivity contribution < 1.29 is 22.4 Å². The summed E-state index contributed by atoms with van der Waals surface area (Å²) in [5.41, 5.74) is 0.687. The number of nitrogens with zero attached hydrogens (tertiary/aromatic N) is 2. The van der Waals surface area contributed by atoms with Crippen LogP contribution in [0.1, 0.15) is 39.2 Å². The summed E-state index contributed by atoms with van der Waals surface area (Å²) in [5.74, 6) is -1.29. The molecule has 0 saturated carbocycles. The van der Waals surface area contributed by atoms with Gasteiger partial charge in [0, 0.05) is 30.6 Å². The average molecular weight is 512 g/mol. The normalized spacial score (nSPS) is 12.3. The van der Waals surface area contributed by atoms with Crippen LogP contribution in [0.25, 0.3) is 0 Å². The maximum absolute atomic E-state index is 14.2. The number of benzene rings is 2. The van der Waals surface area contributed by atoms with Crippen LogP contribution in [0.5, 0.6) is 0 Å². The Balaban J connectivity index is 2.18. The van der Waals surface area contributed by atoms with Crippen LogP contribution in [-0.4, -0.2) is 50.0 Å². The van der Waals surface area contributed by atoms with Crippen LogP contribution in [0, 0.1) is 5.82 Å². The van der Waals surface area contributed by atoms with Crippen LogP contribution in [0.2, 0.25) is 5.02 Å². The fraction of sp³-hybridized carbons (Fsp3) is 0.417. The van der Waals surface area contributed by atoms with Gasteiger partial charge in [0.25, 0.3) is 0 Å². The summed E-state index contributed by atoms with van der Waals surface area (Å²) in [6.07, 6.45) is 1.11. The molecule has 186 valence electrons. The van der Waals surface area contributed by atoms with Gasteiger partial charge in [-0.15, -0.1) is 0 Å². The maximum Gasteiger partial charge on any atom is 0.242 e. The van der Waals surface area contributed by atoms with E-state index >= 15 is 0 Å². The molecule has 2 rings (SSSR count). The molecular weight excluding hydrogens is 481 g/mol. The minimum atomic E-state index is -3.77. The second kappa shape index (κ2) is 12.2. The number of amides is 2. The monoisotopic (exact) mass is 511 g/mol. The van der Waals surface area contributed by atoms with Crippen LogP contribution < -0.4 is 9.62 Å². The molecule has 10 heteroatoms. The highest BCUT2D eigenvalue weighted by Gasteiger charge is 2.27. The van der Waals surface area contributed by atoms with E-state index in [4.69, 9.17) is 11.6 Å². The Bertz CT molecular complexity index is 1110. The highest BCUT2D eigenvalue weighted by Crippen LogP contribution is 2.22. The molecule has 0 fully saturated rings. The largest absolute Gasteiger partial charge is 0.352 e. The molecular formula is C24H31ClFN3O4S. The van der Waals surface area contributed by atoms with Gasteiger partial charge in [-0.25, -0.2) is 12.8 Å². The molecule has 0 saturated heterocycles. The van der Waals surface area contributed by atoms with Gasteiger partial charge in [-0.05, 0) is 57.0 Å². The first kappa shape index (κ1) is 27.6. The molecule has 0 aliphatic rings. The van der Waals surface area contributed by atoms with Crippen molar-refractivity contribution in [1.29, 1.82) is 0 Å². The van der Waals surface area contributed by atoms with E-state index in [1.807, 2.05) is 19.9 Å². The smallest absolute Gasteiger partial charge is 0.242 e. The minimum Gasteiger partial charge on any atom is -0.352 e. The number of halogens is 2. The fourth-order valence-corrected chi connectivity index (χ4v) is 4.64. The summed E-state index contributed by atoms with van der Waals surface area (Å²) in [4.78, 5) is 27.2. The molecule has 2 amide bonds. The average Bonchev–Trinajstić information content (AvgIpc) is 2.74. The lowest BCUT2D eigenvalue weighted by atomic mass is 10.1. The Morgan fingerprint density at radius 2 is 1.76 bits per heavy atom. The Morgan fingerprint density at radius 1 is 1.09 bits per heavy atom. The van der Waals surface area contributed by atoms with Gasteiger partial charge in [0.05, 0.1) is 11.9 Å². The Kier molecular flexibility index (Phi) is 9.88. The number of nitrogens with one attached hydrogen (secondary N) is 1. The number of hydrogen-bond acceptors (Lipinski definition) is 4. The van der Waals surface area contributed by atoms with E-state index in [1.165, 1.54) is 23.1 Å². The molecule has 7 nitrogen and oxygen atoms in total. The lowest BCUT2D eigenvalue weighted by Gasteiger charge is -2.30. The second-order valence-electron chi connectivity index (χ2n) is 8.38. The molecule has 0 aliphatic carbocycles. The molecule has 0 aromatic heterocycles. The van der Waals surface area contributed by atoms with Crippen molar-refractivity contribution >= 4 is 39.1 Å². The van der Waals surface area contributed by atoms with Crippen LogP contribution in [-0.2, 0) is 26.2 Å². The molecule has 2 aromatic rings. The number of para-hydroxylation sites is 1. The fourth-order valence-electron chi connectivity index (χ4n) is 3.46. The van der Waals surface area contributed by atoms with Crippen molar-refractivity contribution in [3.05, 3.63) is 64.9 Å². The van der Waals surface area contributed by atoms with E-state index in [9.17, 15) is 22.4 Å². The van der Waals surface area contributed by atoms with E-state index in [0.717, 1.165) is 16.1 Å². The van der Waals surface area contributed by atoms with Crippen LogP contribution in [0.3, 0.4) is 0 Å². The first-order valence-electron chi connectivity index (χ1n) is 11.0. The van der Waals surface area contributed by atoms with E-state index in [2.05, 4.69) is 5.32 Å². The van der Waals surface area contributed by atoms with Gasteiger partial charge in [0.1, 0.15) is 11.9 Å². The third-order valence-corrected chi connectivity index (χ3v) is 6.53. The SMILES string of the molecule is CC(C)NC(=O)[C@@H](C)N(Cc1cccc(Cl)c1)C(=O)CCCN(c1ccccc1F)S(C)(=O)=O. The molecule has 0 unspecified atom stereocenters. The van der Waals surface area contributed by atoms with Crippen molar-refractivity contribution in [3.63, 3.8) is 0 Å². The van der Waals surface area contributed by atoms with E-state index in [1.54, 1.807) is 31.2 Å². The Morgan fingerprint density at radius 3 is 2.35 bits per heavy atom. The summed E-state index contributed by atoms with van der Waals surface area (Å²) < 4.78 is 39.7. The summed E-state index contributed by atoms with van der Waals surface area (Å²) in [5, 5.41) is 3.32. The summed E-state index contributed by atoms with van der Waals surface area (Å²) in [6.45, 7) is 5.38. The van der Waals surface area contributed by atoms with Crippen molar-refractivity contribution in [3.8, 4) is 0 Å². The highest BCUT2D eigenvalue weighted by atomic mass is 35.5. The van der Waals surface area contributed by atoms with Gasteiger partial charge in [-0.2, -0.15) is 0 Å². The first-order valence-corrected chi connectivity index (χ1v) is 13.2. The van der Waals surface area contributed by atoms with Crippen molar-refractivity contribution in [1.82, 2.24) is 10.2 Å². The number of carbonyl (C=O) groups is 2. The quantitative estimate of drug-likeness (QED) is 0.494. The van der Waals surface area contributed by atoms with Crippen molar-refractivity contribution in [2.24, 2.45) is 0 Å². The van der Waals surface area contributed by atoms with Crippen molar-refractivity contribution in [2.45, 2.75) is 52.2 Å². The lowest BCUT2D eigenvalue weighted by molar-refractivity contribution is -0.140. The third-order valence-electron chi connectivity index (χ3n) is 5.11. The third kappa shape index (κ3) is 7.99. The lowest BCUT2D eigenvalue weighted by Crippen LogP contribution is -2.49. The number of anilines is 1. The topological polar surface area (TPSA) is 86.8 Å². The van der Waals surface area contributed by atoms with Gasteiger partial charge in [-0.3, -0.25) is 13.9 Å². The molecule has 0 aliphatic heterocycles. The van der Waals surface area contributed by atoms with Gasteiger partial charge in [0.2, 0.25) is 21.8 Å². The highest BCUT2D eigenvalue weighted by molar-refractivity contribution is 7.92. The van der Waals surface area contributed by atoms with E-state index < -0.39 is 21.9 Å². The number of hydrogen-bond donors (Lipinski definition) is 1. The van der Waals surface area contributed by atoms with Crippen LogP contribution in [0.15, 0.2) is 48.5 Å². The van der Waals surface area contributed by atoms with Gasteiger partial charge in [-0.1, -0.05) is 35.9 Å². The van der Waals surface area contributed by atoms with Crippen LogP contribution >= 0.6 is 11.6 Å². The maximum atomic E-state index is 14.2. The zero-order valence-corrected chi connectivity index (χ0v) is 21.4. The minimum absolute atomic E-state index is 0.0274. The predicted octanol–water partition coefficient (Wildman–Crippen LogP) is 3.97. The molecule has 0 bridgehead atoms. The molecule has 1 atom stereocenters. The van der Waals surface area contributed by atoms with Gasteiger partial charge < -0.3 is 10.2 Å².